The van der Waals surface area contributed by atoms with Crippen molar-refractivity contribution < 1.29 is 4.74 Å². The Morgan fingerprint density at radius 2 is 1.62 bits per heavy atom. The molecular weight excluding hydrogens is 258 g/mol. The van der Waals surface area contributed by atoms with E-state index in [-0.39, 0.29) is 0 Å². The van der Waals surface area contributed by atoms with Crippen LogP contribution in [0.15, 0.2) is 66.7 Å². The SMILES string of the molecule is C=C(C#Cc1ccc(Oc2ccccc2)cc1)CN(C)C. The maximum absolute atomic E-state index is 5.74. The zero-order valence-corrected chi connectivity index (χ0v) is 12.5. The molecule has 0 saturated heterocycles. The minimum atomic E-state index is 0.780. The Morgan fingerprint density at radius 1 is 1.00 bits per heavy atom. The van der Waals surface area contributed by atoms with Crippen LogP contribution < -0.4 is 4.74 Å². The summed E-state index contributed by atoms with van der Waals surface area (Å²) in [6.07, 6.45) is 0. The van der Waals surface area contributed by atoms with Crippen LogP contribution >= 0.6 is 0 Å². The number of para-hydroxylation sites is 1. The molecule has 0 bridgehead atoms. The smallest absolute Gasteiger partial charge is 0.127 e. The van der Waals surface area contributed by atoms with Gasteiger partial charge in [-0.25, -0.2) is 0 Å². The first-order chi connectivity index (χ1) is 10.1. The van der Waals surface area contributed by atoms with Crippen LogP contribution in [0.5, 0.6) is 11.5 Å². The fraction of sp³-hybridized carbons (Fsp3) is 0.158. The Kier molecular flexibility index (Phi) is 5.20. The minimum Gasteiger partial charge on any atom is -0.457 e. The molecule has 21 heavy (non-hydrogen) atoms. The fourth-order valence-corrected chi connectivity index (χ4v) is 1.81. The summed E-state index contributed by atoms with van der Waals surface area (Å²) in [5.41, 5.74) is 1.86. The molecule has 0 fully saturated rings. The van der Waals surface area contributed by atoms with Crippen LogP contribution in [0, 0.1) is 11.8 Å². The van der Waals surface area contributed by atoms with E-state index in [2.05, 4.69) is 18.4 Å². The van der Waals surface area contributed by atoms with Gasteiger partial charge in [0.25, 0.3) is 0 Å². The third kappa shape index (κ3) is 5.18. The van der Waals surface area contributed by atoms with E-state index in [9.17, 15) is 0 Å². The van der Waals surface area contributed by atoms with Crippen molar-refractivity contribution in [1.29, 1.82) is 0 Å². The van der Waals surface area contributed by atoms with E-state index in [4.69, 9.17) is 4.74 Å². The molecule has 0 aliphatic heterocycles. The molecule has 106 valence electrons. The molecule has 0 unspecified atom stereocenters. The van der Waals surface area contributed by atoms with Crippen LogP contribution in [-0.4, -0.2) is 25.5 Å². The molecule has 2 heteroatoms. The Hall–Kier alpha value is -2.50. The van der Waals surface area contributed by atoms with Gasteiger partial charge in [0.1, 0.15) is 11.5 Å². The van der Waals surface area contributed by atoms with Gasteiger partial charge in [0.15, 0.2) is 0 Å². The Balaban J connectivity index is 1.99. The number of hydrogen-bond acceptors (Lipinski definition) is 2. The molecule has 0 aliphatic rings. The van der Waals surface area contributed by atoms with Crippen LogP contribution in [-0.2, 0) is 0 Å². The number of nitrogens with zero attached hydrogens (tertiary/aromatic N) is 1. The van der Waals surface area contributed by atoms with Crippen molar-refractivity contribution in [3.63, 3.8) is 0 Å². The van der Waals surface area contributed by atoms with E-state index in [0.29, 0.717) is 0 Å². The first-order valence-corrected chi connectivity index (χ1v) is 6.81. The summed E-state index contributed by atoms with van der Waals surface area (Å²) in [7, 11) is 4.01. The number of likely N-dealkylation sites (N-methyl/N-ethyl adjacent to an activating group) is 1. The van der Waals surface area contributed by atoms with Gasteiger partial charge in [-0.3, -0.25) is 0 Å². The van der Waals surface area contributed by atoms with Crippen LogP contribution in [0.25, 0.3) is 0 Å². The largest absolute Gasteiger partial charge is 0.457 e. The summed E-state index contributed by atoms with van der Waals surface area (Å²) in [5, 5.41) is 0. The fourth-order valence-electron chi connectivity index (χ4n) is 1.81. The maximum atomic E-state index is 5.74. The zero-order valence-electron chi connectivity index (χ0n) is 12.5. The van der Waals surface area contributed by atoms with Crippen molar-refractivity contribution in [3.8, 4) is 23.3 Å². The standard InChI is InChI=1S/C19H19NO/c1-16(15-20(2)3)9-10-17-11-13-19(14-12-17)21-18-7-5-4-6-8-18/h4-8,11-14H,1,15H2,2-3H3. The topological polar surface area (TPSA) is 12.5 Å². The lowest BCUT2D eigenvalue weighted by molar-refractivity contribution is 0.450. The summed E-state index contributed by atoms with van der Waals surface area (Å²) in [5.74, 6) is 7.82. The van der Waals surface area contributed by atoms with Crippen molar-refractivity contribution in [2.75, 3.05) is 20.6 Å². The molecule has 0 amide bonds. The molecule has 0 heterocycles. The quantitative estimate of drug-likeness (QED) is 0.785. The highest BCUT2D eigenvalue weighted by Gasteiger charge is 1.96. The van der Waals surface area contributed by atoms with E-state index in [1.165, 1.54) is 0 Å². The van der Waals surface area contributed by atoms with E-state index < -0.39 is 0 Å². The van der Waals surface area contributed by atoms with Gasteiger partial charge >= 0.3 is 0 Å². The molecule has 0 N–H and O–H groups in total. The Labute approximate surface area is 126 Å². The molecule has 0 saturated carbocycles. The van der Waals surface area contributed by atoms with E-state index >= 15 is 0 Å². The average Bonchev–Trinajstić information content (AvgIpc) is 2.47. The Morgan fingerprint density at radius 3 is 2.24 bits per heavy atom. The van der Waals surface area contributed by atoms with Crippen LogP contribution in [0.3, 0.4) is 0 Å². The summed E-state index contributed by atoms with van der Waals surface area (Å²) >= 11 is 0. The lowest BCUT2D eigenvalue weighted by Gasteiger charge is -2.06. The van der Waals surface area contributed by atoms with E-state index in [1.54, 1.807) is 0 Å². The van der Waals surface area contributed by atoms with Crippen molar-refractivity contribution in [1.82, 2.24) is 4.90 Å². The average molecular weight is 277 g/mol. The van der Waals surface area contributed by atoms with Crippen LogP contribution in [0.1, 0.15) is 5.56 Å². The molecule has 0 aromatic heterocycles. The van der Waals surface area contributed by atoms with Gasteiger partial charge in [-0.2, -0.15) is 0 Å². The highest BCUT2D eigenvalue weighted by molar-refractivity contribution is 5.43. The summed E-state index contributed by atoms with van der Waals surface area (Å²) in [4.78, 5) is 2.05. The van der Waals surface area contributed by atoms with Gasteiger partial charge < -0.3 is 9.64 Å². The molecule has 0 atom stereocenters. The molecule has 2 rings (SSSR count). The summed E-state index contributed by atoms with van der Waals surface area (Å²) in [6, 6.07) is 17.5. The highest BCUT2D eigenvalue weighted by Crippen LogP contribution is 2.20. The molecule has 0 radical (unpaired) electrons. The first kappa shape index (κ1) is 14.9. The van der Waals surface area contributed by atoms with E-state index in [0.717, 1.165) is 29.2 Å². The number of hydrogen-bond donors (Lipinski definition) is 0. The number of benzene rings is 2. The lowest BCUT2D eigenvalue weighted by Crippen LogP contribution is -2.13. The maximum Gasteiger partial charge on any atom is 0.127 e. The van der Waals surface area contributed by atoms with Gasteiger partial charge in [-0.15, -0.1) is 0 Å². The molecular formula is C19H19NO. The second kappa shape index (κ2) is 7.33. The zero-order chi connectivity index (χ0) is 15.1. The first-order valence-electron chi connectivity index (χ1n) is 6.81. The van der Waals surface area contributed by atoms with Crippen LogP contribution in [0.4, 0.5) is 0 Å². The second-order valence-corrected chi connectivity index (χ2v) is 5.03. The normalized spacial score (nSPS) is 9.86. The van der Waals surface area contributed by atoms with Gasteiger partial charge in [0, 0.05) is 17.7 Å². The van der Waals surface area contributed by atoms with E-state index in [1.807, 2.05) is 73.6 Å². The Bertz CT molecular complexity index is 645. The molecule has 2 aromatic rings. The molecule has 0 aliphatic carbocycles. The van der Waals surface area contributed by atoms with Crippen LogP contribution in [0.2, 0.25) is 0 Å². The van der Waals surface area contributed by atoms with Crippen molar-refractivity contribution in [2.24, 2.45) is 0 Å². The number of rotatable bonds is 4. The molecule has 2 nitrogen and oxygen atoms in total. The van der Waals surface area contributed by atoms with Crippen molar-refractivity contribution in [2.45, 2.75) is 0 Å². The lowest BCUT2D eigenvalue weighted by atomic mass is 10.2. The van der Waals surface area contributed by atoms with Crippen molar-refractivity contribution >= 4 is 0 Å². The monoisotopic (exact) mass is 277 g/mol. The third-order valence-corrected chi connectivity index (χ3v) is 2.72. The third-order valence-electron chi connectivity index (χ3n) is 2.72. The molecule has 0 spiro atoms. The second-order valence-electron chi connectivity index (χ2n) is 5.03. The van der Waals surface area contributed by atoms with Crippen molar-refractivity contribution in [3.05, 3.63) is 72.3 Å². The minimum absolute atomic E-state index is 0.780. The van der Waals surface area contributed by atoms with Gasteiger partial charge in [-0.05, 0) is 50.5 Å². The summed E-state index contributed by atoms with van der Waals surface area (Å²) < 4.78 is 5.74. The highest BCUT2D eigenvalue weighted by atomic mass is 16.5. The number of ether oxygens (including phenoxy) is 1. The van der Waals surface area contributed by atoms with Gasteiger partial charge in [-0.1, -0.05) is 36.6 Å². The predicted octanol–water partition coefficient (Wildman–Crippen LogP) is 3.95. The van der Waals surface area contributed by atoms with Gasteiger partial charge in [0.2, 0.25) is 0 Å². The summed E-state index contributed by atoms with van der Waals surface area (Å²) in [6.45, 7) is 4.72. The van der Waals surface area contributed by atoms with Gasteiger partial charge in [0.05, 0.1) is 0 Å². The predicted molar refractivity (Wildman–Crippen MR) is 87.5 cm³/mol. The molecule has 2 aromatic carbocycles.